The number of amides is 1. The first-order valence-corrected chi connectivity index (χ1v) is 10.6. The number of fused-ring (bicyclic) bond motifs is 1. The largest absolute Gasteiger partial charge is 0.444 e. The molecule has 0 bridgehead atoms. The van der Waals surface area contributed by atoms with Gasteiger partial charge in [0.1, 0.15) is 5.60 Å². The van der Waals surface area contributed by atoms with Crippen molar-refractivity contribution in [3.8, 4) is 11.3 Å². The van der Waals surface area contributed by atoms with E-state index in [0.29, 0.717) is 13.1 Å². The number of benzene rings is 1. The Morgan fingerprint density at radius 3 is 2.55 bits per heavy atom. The molecule has 1 aromatic carbocycles. The van der Waals surface area contributed by atoms with Crippen molar-refractivity contribution < 1.29 is 9.53 Å². The molecule has 1 aliphatic rings. The van der Waals surface area contributed by atoms with E-state index in [9.17, 15) is 4.79 Å². The molecule has 154 valence electrons. The van der Waals surface area contributed by atoms with Gasteiger partial charge < -0.3 is 15.4 Å². The molecule has 3 heterocycles. The summed E-state index contributed by atoms with van der Waals surface area (Å²) in [5.41, 5.74) is 8.21. The van der Waals surface area contributed by atoms with E-state index in [1.54, 1.807) is 16.2 Å². The molecule has 0 spiro atoms. The predicted molar refractivity (Wildman–Crippen MR) is 116 cm³/mol. The normalized spacial score (nSPS) is 15.8. The van der Waals surface area contributed by atoms with Crippen LogP contribution in [0.4, 0.5) is 10.5 Å². The molecule has 0 unspecified atom stereocenters. The van der Waals surface area contributed by atoms with E-state index in [-0.39, 0.29) is 6.09 Å². The van der Waals surface area contributed by atoms with Gasteiger partial charge in [-0.25, -0.2) is 9.78 Å². The highest BCUT2D eigenvalue weighted by atomic mass is 32.1. The fraction of sp³-hybridized carbons (Fsp3) is 0.429. The van der Waals surface area contributed by atoms with Gasteiger partial charge in [-0.1, -0.05) is 29.5 Å². The minimum Gasteiger partial charge on any atom is -0.444 e. The summed E-state index contributed by atoms with van der Waals surface area (Å²) in [5, 5.41) is 0. The van der Waals surface area contributed by atoms with Gasteiger partial charge in [0.25, 0.3) is 0 Å². The molecule has 0 saturated carbocycles. The summed E-state index contributed by atoms with van der Waals surface area (Å²) in [5.74, 6) is 0. The Balaban J connectivity index is 1.37. The summed E-state index contributed by atoms with van der Waals surface area (Å²) in [6, 6.07) is 7.79. The van der Waals surface area contributed by atoms with Gasteiger partial charge in [-0.3, -0.25) is 9.30 Å². The molecule has 1 saturated heterocycles. The van der Waals surface area contributed by atoms with E-state index < -0.39 is 5.60 Å². The van der Waals surface area contributed by atoms with E-state index in [2.05, 4.69) is 15.5 Å². The summed E-state index contributed by atoms with van der Waals surface area (Å²) in [6.45, 7) is 9.60. The van der Waals surface area contributed by atoms with Crippen LogP contribution < -0.4 is 5.73 Å². The van der Waals surface area contributed by atoms with Gasteiger partial charge in [-0.2, -0.15) is 0 Å². The molecular formula is C21H27N5O2S. The molecule has 2 aromatic heterocycles. The second-order valence-electron chi connectivity index (χ2n) is 8.34. The summed E-state index contributed by atoms with van der Waals surface area (Å²) in [6.07, 6.45) is 3.94. The number of piperazine rings is 1. The summed E-state index contributed by atoms with van der Waals surface area (Å²) >= 11 is 1.69. The van der Waals surface area contributed by atoms with Crippen molar-refractivity contribution in [3.63, 3.8) is 0 Å². The smallest absolute Gasteiger partial charge is 0.410 e. The van der Waals surface area contributed by atoms with Crippen molar-refractivity contribution in [2.45, 2.75) is 32.9 Å². The maximum atomic E-state index is 12.2. The number of ether oxygens (including phenoxy) is 1. The molecule has 0 aliphatic carbocycles. The number of hydrogen-bond donors (Lipinski definition) is 1. The first-order valence-electron chi connectivity index (χ1n) is 9.81. The van der Waals surface area contributed by atoms with Gasteiger partial charge in [0.15, 0.2) is 4.96 Å². The maximum Gasteiger partial charge on any atom is 0.410 e. The lowest BCUT2D eigenvalue weighted by Crippen LogP contribution is -2.49. The van der Waals surface area contributed by atoms with Gasteiger partial charge in [0.05, 0.1) is 5.69 Å². The number of nitrogen functional groups attached to an aromatic ring is 1. The molecule has 0 atom stereocenters. The van der Waals surface area contributed by atoms with Crippen molar-refractivity contribution in [1.29, 1.82) is 0 Å². The number of rotatable bonds is 3. The van der Waals surface area contributed by atoms with Crippen LogP contribution in [-0.2, 0) is 11.3 Å². The SMILES string of the molecule is CC(C)(C)OC(=O)N1CCN(Cc2cn3cc(-c4ccccc4N)nc3s2)CC1. The van der Waals surface area contributed by atoms with E-state index in [1.165, 1.54) is 4.88 Å². The molecule has 1 aliphatic heterocycles. The van der Waals surface area contributed by atoms with Crippen LogP contribution in [0.3, 0.4) is 0 Å². The molecule has 3 aromatic rings. The van der Waals surface area contributed by atoms with E-state index >= 15 is 0 Å². The Morgan fingerprint density at radius 2 is 1.90 bits per heavy atom. The van der Waals surface area contributed by atoms with Crippen LogP contribution in [0.15, 0.2) is 36.7 Å². The lowest BCUT2D eigenvalue weighted by Gasteiger charge is -2.35. The monoisotopic (exact) mass is 413 g/mol. The lowest BCUT2D eigenvalue weighted by molar-refractivity contribution is 0.0139. The van der Waals surface area contributed by atoms with Crippen molar-refractivity contribution in [3.05, 3.63) is 41.5 Å². The summed E-state index contributed by atoms with van der Waals surface area (Å²) in [4.78, 5) is 23.3. The highest BCUT2D eigenvalue weighted by molar-refractivity contribution is 7.17. The molecule has 29 heavy (non-hydrogen) atoms. The van der Waals surface area contributed by atoms with Crippen molar-refractivity contribution >= 4 is 28.1 Å². The minimum absolute atomic E-state index is 0.223. The first-order chi connectivity index (χ1) is 13.8. The van der Waals surface area contributed by atoms with Gasteiger partial charge in [0.2, 0.25) is 0 Å². The number of nitrogens with two attached hydrogens (primary N) is 1. The van der Waals surface area contributed by atoms with Crippen LogP contribution in [0.5, 0.6) is 0 Å². The number of anilines is 1. The Labute approximate surface area is 174 Å². The minimum atomic E-state index is -0.455. The number of para-hydroxylation sites is 1. The third-order valence-electron chi connectivity index (χ3n) is 4.84. The Kier molecular flexibility index (Phi) is 5.23. The lowest BCUT2D eigenvalue weighted by atomic mass is 10.1. The second kappa shape index (κ2) is 7.68. The Hall–Kier alpha value is -2.58. The van der Waals surface area contributed by atoms with Crippen LogP contribution in [0.25, 0.3) is 16.2 Å². The number of imidazole rings is 1. The fourth-order valence-corrected chi connectivity index (χ4v) is 4.41. The summed E-state index contributed by atoms with van der Waals surface area (Å²) in [7, 11) is 0. The number of hydrogen-bond acceptors (Lipinski definition) is 6. The molecule has 4 rings (SSSR count). The van der Waals surface area contributed by atoms with Crippen molar-refractivity contribution in [2.24, 2.45) is 0 Å². The zero-order valence-electron chi connectivity index (χ0n) is 17.1. The van der Waals surface area contributed by atoms with Crippen molar-refractivity contribution in [2.75, 3.05) is 31.9 Å². The number of aromatic nitrogens is 2. The third-order valence-corrected chi connectivity index (χ3v) is 5.83. The van der Waals surface area contributed by atoms with E-state index in [0.717, 1.165) is 41.5 Å². The van der Waals surface area contributed by atoms with Crippen molar-refractivity contribution in [1.82, 2.24) is 19.2 Å². The van der Waals surface area contributed by atoms with Gasteiger partial charge in [-0.15, -0.1) is 0 Å². The van der Waals surface area contributed by atoms with Gasteiger partial charge >= 0.3 is 6.09 Å². The van der Waals surface area contributed by atoms with Gasteiger partial charge in [-0.05, 0) is 26.8 Å². The zero-order valence-corrected chi connectivity index (χ0v) is 17.9. The average Bonchev–Trinajstić information content (AvgIpc) is 3.19. The number of carbonyl (C=O) groups excluding carboxylic acids is 1. The standard InChI is InChI=1S/C21H27N5O2S/c1-21(2,3)28-20(27)25-10-8-24(9-11-25)12-15-13-26-14-18(23-19(26)29-15)16-6-4-5-7-17(16)22/h4-7,13-14H,8-12,22H2,1-3H3. The molecule has 1 amide bonds. The summed E-state index contributed by atoms with van der Waals surface area (Å²) < 4.78 is 7.53. The number of thiazole rings is 1. The van der Waals surface area contributed by atoms with Crippen LogP contribution in [0.1, 0.15) is 25.6 Å². The Bertz CT molecular complexity index is 980. The molecule has 7 nitrogen and oxygen atoms in total. The number of carbonyl (C=O) groups is 1. The zero-order chi connectivity index (χ0) is 20.6. The highest BCUT2D eigenvalue weighted by Gasteiger charge is 2.26. The van der Waals surface area contributed by atoms with E-state index in [1.807, 2.05) is 51.2 Å². The van der Waals surface area contributed by atoms with Crippen LogP contribution in [-0.4, -0.2) is 57.1 Å². The van der Waals surface area contributed by atoms with Crippen LogP contribution in [0, 0.1) is 0 Å². The molecule has 0 radical (unpaired) electrons. The fourth-order valence-electron chi connectivity index (χ4n) is 3.41. The number of nitrogens with zero attached hydrogens (tertiary/aromatic N) is 4. The molecule has 2 N–H and O–H groups in total. The Morgan fingerprint density at radius 1 is 1.17 bits per heavy atom. The molecule has 1 fully saturated rings. The molecular weight excluding hydrogens is 386 g/mol. The average molecular weight is 414 g/mol. The second-order valence-corrected chi connectivity index (χ2v) is 9.44. The highest BCUT2D eigenvalue weighted by Crippen LogP contribution is 2.28. The topological polar surface area (TPSA) is 76.1 Å². The quantitative estimate of drug-likeness (QED) is 0.663. The predicted octanol–water partition coefficient (Wildman–Crippen LogP) is 3.70. The molecule has 8 heteroatoms. The van der Waals surface area contributed by atoms with E-state index in [4.69, 9.17) is 15.5 Å². The van der Waals surface area contributed by atoms with Crippen LogP contribution in [0.2, 0.25) is 0 Å². The van der Waals surface area contributed by atoms with Crippen LogP contribution >= 0.6 is 11.3 Å². The first kappa shape index (κ1) is 19.7. The van der Waals surface area contributed by atoms with Gasteiger partial charge in [0, 0.05) is 61.2 Å². The maximum absolute atomic E-state index is 12.2. The third kappa shape index (κ3) is 4.54.